The van der Waals surface area contributed by atoms with Crippen molar-refractivity contribution in [2.24, 2.45) is 0 Å². The molecule has 0 atom stereocenters. The van der Waals surface area contributed by atoms with E-state index in [9.17, 15) is 9.59 Å². The first kappa shape index (κ1) is 17.7. The van der Waals surface area contributed by atoms with Crippen molar-refractivity contribution < 1.29 is 19.4 Å². The van der Waals surface area contributed by atoms with Crippen molar-refractivity contribution in [2.75, 3.05) is 13.2 Å². The van der Waals surface area contributed by atoms with Crippen molar-refractivity contribution >= 4 is 62.2 Å². The summed E-state index contributed by atoms with van der Waals surface area (Å²) in [6, 6.07) is 5.12. The molecule has 1 fully saturated rings. The Balaban J connectivity index is 2.33. The Kier molecular flexibility index (Phi) is 5.97. The van der Waals surface area contributed by atoms with Crippen LogP contribution >= 0.6 is 39.9 Å². The van der Waals surface area contributed by atoms with E-state index < -0.39 is 12.6 Å². The molecular weight excluding hydrogens is 402 g/mol. The summed E-state index contributed by atoms with van der Waals surface area (Å²) in [4.78, 5) is 24.9. The summed E-state index contributed by atoms with van der Waals surface area (Å²) >= 11 is 9.72. The SMILES string of the molecule is C=CCN1C(=O)C(=Cc2cc(Br)ccc2OCC(=O)O)SC1=S. The zero-order chi connectivity index (χ0) is 17.0. The summed E-state index contributed by atoms with van der Waals surface area (Å²) in [6.07, 6.45) is 3.25. The van der Waals surface area contributed by atoms with Crippen LogP contribution in [-0.2, 0) is 9.59 Å². The van der Waals surface area contributed by atoms with Crippen molar-refractivity contribution in [3.63, 3.8) is 0 Å². The van der Waals surface area contributed by atoms with Gasteiger partial charge in [0.2, 0.25) is 0 Å². The van der Waals surface area contributed by atoms with E-state index in [1.807, 2.05) is 0 Å². The molecular formula is C15H12BrNO4S2. The van der Waals surface area contributed by atoms with E-state index in [0.29, 0.717) is 27.1 Å². The summed E-state index contributed by atoms with van der Waals surface area (Å²) in [5.74, 6) is -0.898. The molecule has 1 N–H and O–H groups in total. The van der Waals surface area contributed by atoms with Crippen LogP contribution < -0.4 is 4.74 Å². The van der Waals surface area contributed by atoms with Gasteiger partial charge in [-0.1, -0.05) is 46.0 Å². The lowest BCUT2D eigenvalue weighted by molar-refractivity contribution is -0.139. The molecule has 0 spiro atoms. The molecule has 120 valence electrons. The van der Waals surface area contributed by atoms with Crippen LogP contribution in [0, 0.1) is 0 Å². The minimum atomic E-state index is -1.07. The van der Waals surface area contributed by atoms with E-state index in [2.05, 4.69) is 22.5 Å². The number of hydrogen-bond acceptors (Lipinski definition) is 5. The molecule has 1 aromatic rings. The topological polar surface area (TPSA) is 66.8 Å². The third-order valence-corrected chi connectivity index (χ3v) is 4.67. The van der Waals surface area contributed by atoms with Gasteiger partial charge < -0.3 is 9.84 Å². The van der Waals surface area contributed by atoms with Crippen LogP contribution in [0.25, 0.3) is 6.08 Å². The van der Waals surface area contributed by atoms with Gasteiger partial charge in [0.1, 0.15) is 10.1 Å². The number of aliphatic carboxylic acids is 1. The van der Waals surface area contributed by atoms with Gasteiger partial charge >= 0.3 is 5.97 Å². The van der Waals surface area contributed by atoms with Gasteiger partial charge in [0.25, 0.3) is 5.91 Å². The second-order valence-electron chi connectivity index (χ2n) is 4.45. The maximum Gasteiger partial charge on any atom is 0.341 e. The van der Waals surface area contributed by atoms with E-state index >= 15 is 0 Å². The van der Waals surface area contributed by atoms with Gasteiger partial charge in [-0.2, -0.15) is 0 Å². The van der Waals surface area contributed by atoms with Crippen molar-refractivity contribution in [1.82, 2.24) is 4.90 Å². The number of ether oxygens (including phenoxy) is 1. The van der Waals surface area contributed by atoms with E-state index in [1.54, 1.807) is 30.4 Å². The van der Waals surface area contributed by atoms with Crippen LogP contribution in [-0.4, -0.2) is 39.4 Å². The zero-order valence-electron chi connectivity index (χ0n) is 11.8. The normalized spacial score (nSPS) is 16.0. The second kappa shape index (κ2) is 7.76. The number of thiocarbonyl (C=S) groups is 1. The van der Waals surface area contributed by atoms with Crippen molar-refractivity contribution in [3.05, 3.63) is 45.8 Å². The maximum atomic E-state index is 12.3. The van der Waals surface area contributed by atoms with Crippen molar-refractivity contribution in [3.8, 4) is 5.75 Å². The van der Waals surface area contributed by atoms with Crippen molar-refractivity contribution in [1.29, 1.82) is 0 Å². The Bertz CT molecular complexity index is 717. The van der Waals surface area contributed by atoms with Crippen LogP contribution in [0.4, 0.5) is 0 Å². The Labute approximate surface area is 151 Å². The number of halogens is 1. The third kappa shape index (κ3) is 4.43. The molecule has 0 aromatic heterocycles. The predicted molar refractivity (Wildman–Crippen MR) is 97.3 cm³/mol. The number of benzene rings is 1. The van der Waals surface area contributed by atoms with E-state index in [0.717, 1.165) is 4.47 Å². The van der Waals surface area contributed by atoms with Gasteiger partial charge in [0, 0.05) is 16.6 Å². The quantitative estimate of drug-likeness (QED) is 0.438. The van der Waals surface area contributed by atoms with Crippen molar-refractivity contribution in [2.45, 2.75) is 0 Å². The smallest absolute Gasteiger partial charge is 0.341 e. The Morgan fingerprint density at radius 3 is 2.91 bits per heavy atom. The number of carboxylic acid groups (broad SMARTS) is 1. The zero-order valence-corrected chi connectivity index (χ0v) is 15.0. The number of hydrogen-bond donors (Lipinski definition) is 1. The average molecular weight is 414 g/mol. The van der Waals surface area contributed by atoms with Gasteiger partial charge in [-0.3, -0.25) is 9.69 Å². The highest BCUT2D eigenvalue weighted by Gasteiger charge is 2.31. The molecule has 0 unspecified atom stereocenters. The highest BCUT2D eigenvalue weighted by Crippen LogP contribution is 2.35. The summed E-state index contributed by atoms with van der Waals surface area (Å²) in [7, 11) is 0. The molecule has 23 heavy (non-hydrogen) atoms. The molecule has 0 aliphatic carbocycles. The number of nitrogens with zero attached hydrogens (tertiary/aromatic N) is 1. The third-order valence-electron chi connectivity index (χ3n) is 2.79. The van der Waals surface area contributed by atoms with Crippen LogP contribution in [0.5, 0.6) is 5.75 Å². The minimum absolute atomic E-state index is 0.205. The number of thioether (sulfide) groups is 1. The molecule has 8 heteroatoms. The van der Waals surface area contributed by atoms with Crippen LogP contribution in [0.15, 0.2) is 40.2 Å². The Morgan fingerprint density at radius 1 is 1.52 bits per heavy atom. The monoisotopic (exact) mass is 413 g/mol. The van der Waals surface area contributed by atoms with Crippen LogP contribution in [0.3, 0.4) is 0 Å². The fraction of sp³-hybridized carbons (Fsp3) is 0.133. The highest BCUT2D eigenvalue weighted by molar-refractivity contribution is 9.10. The number of rotatable bonds is 6. The first-order valence-corrected chi connectivity index (χ1v) is 8.44. The molecule has 0 saturated carbocycles. The van der Waals surface area contributed by atoms with Gasteiger partial charge in [0.05, 0.1) is 4.91 Å². The van der Waals surface area contributed by atoms with Gasteiger partial charge in [0.15, 0.2) is 6.61 Å². The molecule has 1 heterocycles. The van der Waals surface area contributed by atoms with Crippen LogP contribution in [0.2, 0.25) is 0 Å². The fourth-order valence-electron chi connectivity index (χ4n) is 1.83. The number of carbonyl (C=O) groups is 2. The summed E-state index contributed by atoms with van der Waals surface area (Å²) < 4.78 is 6.50. The molecule has 1 aliphatic rings. The standard InChI is InChI=1S/C15H12BrNO4S2/c1-2-5-17-14(20)12(23-15(17)22)7-9-6-10(16)3-4-11(9)21-8-13(18)19/h2-4,6-7H,1,5,8H2,(H,18,19). The maximum absolute atomic E-state index is 12.3. The molecule has 0 radical (unpaired) electrons. The van der Waals surface area contributed by atoms with Gasteiger partial charge in [-0.05, 0) is 24.3 Å². The van der Waals surface area contributed by atoms with Gasteiger partial charge in [-0.15, -0.1) is 6.58 Å². The lowest BCUT2D eigenvalue weighted by Gasteiger charge is -2.10. The Morgan fingerprint density at radius 2 is 2.26 bits per heavy atom. The number of carboxylic acids is 1. The molecule has 1 amide bonds. The largest absolute Gasteiger partial charge is 0.481 e. The molecule has 5 nitrogen and oxygen atoms in total. The summed E-state index contributed by atoms with van der Waals surface area (Å²) in [6.45, 7) is 3.50. The van der Waals surface area contributed by atoms with E-state index in [-0.39, 0.29) is 5.91 Å². The molecule has 1 saturated heterocycles. The van der Waals surface area contributed by atoms with E-state index in [1.165, 1.54) is 16.7 Å². The number of carbonyl (C=O) groups excluding carboxylic acids is 1. The molecule has 0 bridgehead atoms. The molecule has 1 aliphatic heterocycles. The molecule has 2 rings (SSSR count). The highest BCUT2D eigenvalue weighted by atomic mass is 79.9. The lowest BCUT2D eigenvalue weighted by Crippen LogP contribution is -2.27. The number of amides is 1. The summed E-state index contributed by atoms with van der Waals surface area (Å²) in [5.41, 5.74) is 0.597. The Hall–Kier alpha value is -1.64. The first-order valence-electron chi connectivity index (χ1n) is 6.42. The summed E-state index contributed by atoms with van der Waals surface area (Å²) in [5, 5.41) is 8.73. The first-order chi connectivity index (χ1) is 10.9. The fourth-order valence-corrected chi connectivity index (χ4v) is 3.48. The predicted octanol–water partition coefficient (Wildman–Crippen LogP) is 3.30. The average Bonchev–Trinajstić information content (AvgIpc) is 2.74. The molecule has 1 aromatic carbocycles. The minimum Gasteiger partial charge on any atom is -0.481 e. The van der Waals surface area contributed by atoms with E-state index in [4.69, 9.17) is 22.1 Å². The van der Waals surface area contributed by atoms with Crippen LogP contribution in [0.1, 0.15) is 5.56 Å². The second-order valence-corrected chi connectivity index (χ2v) is 7.04. The van der Waals surface area contributed by atoms with Gasteiger partial charge in [-0.25, -0.2) is 4.79 Å². The lowest BCUT2D eigenvalue weighted by atomic mass is 10.2.